The Morgan fingerprint density at radius 1 is 1.23 bits per heavy atom. The number of aromatic nitrogens is 3. The molecule has 0 aliphatic heterocycles. The zero-order valence-corrected chi connectivity index (χ0v) is 14.2. The van der Waals surface area contributed by atoms with E-state index in [2.05, 4.69) is 56.2 Å². The molecule has 0 saturated heterocycles. The number of aryl methyl sites for hydroxylation is 2. The monoisotopic (exact) mass is 301 g/mol. The third-order valence-electron chi connectivity index (χ3n) is 3.93. The zero-order valence-electron chi connectivity index (χ0n) is 14.2. The number of nitrogens with zero attached hydrogens (tertiary/aromatic N) is 3. The molecule has 0 spiro atoms. The van der Waals surface area contributed by atoms with Crippen molar-refractivity contribution in [1.82, 2.24) is 15.0 Å². The van der Waals surface area contributed by atoms with Gasteiger partial charge in [-0.05, 0) is 44.2 Å². The summed E-state index contributed by atoms with van der Waals surface area (Å²) in [6.45, 7) is 10.2. The van der Waals surface area contributed by atoms with E-state index in [9.17, 15) is 0 Å². The second-order valence-corrected chi connectivity index (χ2v) is 5.76. The minimum Gasteiger partial charge on any atom is -0.493 e. The first-order chi connectivity index (χ1) is 10.7. The van der Waals surface area contributed by atoms with Gasteiger partial charge in [0, 0.05) is 19.2 Å². The van der Waals surface area contributed by atoms with E-state index in [1.165, 1.54) is 11.1 Å². The number of hydrogen-bond acceptors (Lipinski definition) is 3. The molecule has 0 aliphatic carbocycles. The lowest BCUT2D eigenvalue weighted by Crippen LogP contribution is -2.07. The molecule has 22 heavy (non-hydrogen) atoms. The van der Waals surface area contributed by atoms with Crippen molar-refractivity contribution in [2.45, 2.75) is 59.4 Å². The van der Waals surface area contributed by atoms with Gasteiger partial charge in [-0.25, -0.2) is 0 Å². The van der Waals surface area contributed by atoms with Gasteiger partial charge in [0.25, 0.3) is 0 Å². The van der Waals surface area contributed by atoms with E-state index in [1.807, 2.05) is 10.9 Å². The SMILES string of the molecule is CCCOc1ccc(C)cc1C(CC)Cc1cn(CC)nn1. The van der Waals surface area contributed by atoms with Crippen molar-refractivity contribution < 1.29 is 4.74 Å². The maximum atomic E-state index is 5.95. The van der Waals surface area contributed by atoms with Gasteiger partial charge in [-0.3, -0.25) is 4.68 Å². The van der Waals surface area contributed by atoms with Gasteiger partial charge >= 0.3 is 0 Å². The largest absolute Gasteiger partial charge is 0.493 e. The second kappa shape index (κ2) is 7.97. The molecule has 2 rings (SSSR count). The van der Waals surface area contributed by atoms with E-state index in [4.69, 9.17) is 4.74 Å². The Balaban J connectivity index is 2.23. The van der Waals surface area contributed by atoms with Crippen LogP contribution in [0.1, 0.15) is 56.4 Å². The van der Waals surface area contributed by atoms with Gasteiger partial charge in [-0.2, -0.15) is 0 Å². The molecule has 1 aromatic heterocycles. The molecule has 1 heterocycles. The molecule has 4 nitrogen and oxygen atoms in total. The van der Waals surface area contributed by atoms with Gasteiger partial charge in [-0.1, -0.05) is 36.8 Å². The maximum Gasteiger partial charge on any atom is 0.122 e. The third-order valence-corrected chi connectivity index (χ3v) is 3.93. The molecule has 0 aliphatic rings. The summed E-state index contributed by atoms with van der Waals surface area (Å²) in [4.78, 5) is 0. The fraction of sp³-hybridized carbons (Fsp3) is 0.556. The van der Waals surface area contributed by atoms with Gasteiger partial charge in [0.05, 0.1) is 12.3 Å². The van der Waals surface area contributed by atoms with E-state index >= 15 is 0 Å². The number of hydrogen-bond donors (Lipinski definition) is 0. The summed E-state index contributed by atoms with van der Waals surface area (Å²) in [6.07, 6.45) is 5.04. The Hall–Kier alpha value is -1.84. The number of ether oxygens (including phenoxy) is 1. The van der Waals surface area contributed by atoms with E-state index < -0.39 is 0 Å². The number of rotatable bonds is 8. The predicted molar refractivity (Wildman–Crippen MR) is 89.4 cm³/mol. The highest BCUT2D eigenvalue weighted by atomic mass is 16.5. The normalized spacial score (nSPS) is 12.4. The quantitative estimate of drug-likeness (QED) is 0.736. The summed E-state index contributed by atoms with van der Waals surface area (Å²) >= 11 is 0. The standard InChI is InChI=1S/C18H27N3O/c1-5-10-22-18-9-8-14(4)11-17(18)15(6-2)12-16-13-21(7-3)20-19-16/h8-9,11,13,15H,5-7,10,12H2,1-4H3. The summed E-state index contributed by atoms with van der Waals surface area (Å²) in [5.41, 5.74) is 3.62. The molecule has 0 saturated carbocycles. The van der Waals surface area contributed by atoms with Crippen molar-refractivity contribution in [3.63, 3.8) is 0 Å². The van der Waals surface area contributed by atoms with Crippen molar-refractivity contribution in [2.75, 3.05) is 6.61 Å². The van der Waals surface area contributed by atoms with E-state index in [0.29, 0.717) is 5.92 Å². The lowest BCUT2D eigenvalue weighted by molar-refractivity contribution is 0.311. The van der Waals surface area contributed by atoms with Crippen molar-refractivity contribution in [3.8, 4) is 5.75 Å². The molecule has 1 aromatic carbocycles. The first-order valence-electron chi connectivity index (χ1n) is 8.30. The summed E-state index contributed by atoms with van der Waals surface area (Å²) in [5.74, 6) is 1.43. The van der Waals surface area contributed by atoms with Crippen LogP contribution in [0.3, 0.4) is 0 Å². The molecular formula is C18H27N3O. The Bertz CT molecular complexity index is 592. The highest BCUT2D eigenvalue weighted by molar-refractivity contribution is 5.40. The van der Waals surface area contributed by atoms with Crippen LogP contribution in [0.4, 0.5) is 0 Å². The molecule has 2 aromatic rings. The van der Waals surface area contributed by atoms with E-state index in [-0.39, 0.29) is 0 Å². The summed E-state index contributed by atoms with van der Waals surface area (Å²) in [7, 11) is 0. The van der Waals surface area contributed by atoms with Gasteiger partial charge in [0.2, 0.25) is 0 Å². The van der Waals surface area contributed by atoms with Crippen molar-refractivity contribution in [2.24, 2.45) is 0 Å². The zero-order chi connectivity index (χ0) is 15.9. The molecule has 0 radical (unpaired) electrons. The number of benzene rings is 1. The Kier molecular flexibility index (Phi) is 5.99. The molecule has 0 amide bonds. The fourth-order valence-corrected chi connectivity index (χ4v) is 2.64. The van der Waals surface area contributed by atoms with Crippen LogP contribution in [0.15, 0.2) is 24.4 Å². The lowest BCUT2D eigenvalue weighted by Gasteiger charge is -2.19. The second-order valence-electron chi connectivity index (χ2n) is 5.76. The fourth-order valence-electron chi connectivity index (χ4n) is 2.64. The van der Waals surface area contributed by atoms with Crippen molar-refractivity contribution >= 4 is 0 Å². The van der Waals surface area contributed by atoms with Crippen LogP contribution in [0.5, 0.6) is 5.75 Å². The van der Waals surface area contributed by atoms with Crippen LogP contribution in [0.2, 0.25) is 0 Å². The average Bonchev–Trinajstić information content (AvgIpc) is 2.99. The molecule has 1 unspecified atom stereocenters. The van der Waals surface area contributed by atoms with Crippen LogP contribution >= 0.6 is 0 Å². The van der Waals surface area contributed by atoms with Crippen LogP contribution in [0, 0.1) is 6.92 Å². The molecule has 120 valence electrons. The molecule has 4 heteroatoms. The molecular weight excluding hydrogens is 274 g/mol. The Morgan fingerprint density at radius 2 is 2.05 bits per heavy atom. The highest BCUT2D eigenvalue weighted by Crippen LogP contribution is 2.32. The van der Waals surface area contributed by atoms with Gasteiger partial charge in [0.1, 0.15) is 5.75 Å². The topological polar surface area (TPSA) is 39.9 Å². The summed E-state index contributed by atoms with van der Waals surface area (Å²) in [5, 5.41) is 8.43. The first-order valence-corrected chi connectivity index (χ1v) is 8.30. The summed E-state index contributed by atoms with van der Waals surface area (Å²) in [6, 6.07) is 6.48. The van der Waals surface area contributed by atoms with E-state index in [1.54, 1.807) is 0 Å². The smallest absolute Gasteiger partial charge is 0.122 e. The molecule has 1 atom stereocenters. The predicted octanol–water partition coefficient (Wildman–Crippen LogP) is 4.13. The minimum atomic E-state index is 0.411. The van der Waals surface area contributed by atoms with Gasteiger partial charge in [0.15, 0.2) is 0 Å². The maximum absolute atomic E-state index is 5.95. The third kappa shape index (κ3) is 4.09. The van der Waals surface area contributed by atoms with Gasteiger partial charge in [-0.15, -0.1) is 5.10 Å². The average molecular weight is 301 g/mol. The molecule has 0 bridgehead atoms. The molecule has 0 fully saturated rings. The van der Waals surface area contributed by atoms with Crippen LogP contribution in [0.25, 0.3) is 0 Å². The van der Waals surface area contributed by atoms with E-state index in [0.717, 1.165) is 43.9 Å². The minimum absolute atomic E-state index is 0.411. The van der Waals surface area contributed by atoms with Crippen LogP contribution < -0.4 is 4.74 Å². The molecule has 0 N–H and O–H groups in total. The van der Waals surface area contributed by atoms with Crippen molar-refractivity contribution in [1.29, 1.82) is 0 Å². The lowest BCUT2D eigenvalue weighted by atomic mass is 9.90. The first kappa shape index (κ1) is 16.5. The van der Waals surface area contributed by atoms with Crippen molar-refractivity contribution in [3.05, 3.63) is 41.2 Å². The van der Waals surface area contributed by atoms with Crippen LogP contribution in [-0.2, 0) is 13.0 Å². The highest BCUT2D eigenvalue weighted by Gasteiger charge is 2.17. The van der Waals surface area contributed by atoms with Gasteiger partial charge < -0.3 is 4.74 Å². The Labute approximate surface area is 133 Å². The summed E-state index contributed by atoms with van der Waals surface area (Å²) < 4.78 is 7.83. The van der Waals surface area contributed by atoms with Crippen LogP contribution in [-0.4, -0.2) is 21.6 Å². The Morgan fingerprint density at radius 3 is 2.68 bits per heavy atom.